The maximum atomic E-state index is 11.9. The van der Waals surface area contributed by atoms with Crippen molar-refractivity contribution in [1.82, 2.24) is 4.90 Å². The van der Waals surface area contributed by atoms with Gasteiger partial charge in [-0.1, -0.05) is 24.6 Å². The van der Waals surface area contributed by atoms with E-state index in [0.29, 0.717) is 6.54 Å². The number of anilines is 1. The summed E-state index contributed by atoms with van der Waals surface area (Å²) in [6.45, 7) is 3.53. The molecule has 1 N–H and O–H groups in total. The van der Waals surface area contributed by atoms with Gasteiger partial charge in [0.15, 0.2) is 9.84 Å². The first-order chi connectivity index (χ1) is 10.0. The highest BCUT2D eigenvalue weighted by atomic mass is 35.5. The molecule has 0 aromatic heterocycles. The van der Waals surface area contributed by atoms with Gasteiger partial charge in [0.25, 0.3) is 0 Å². The zero-order chi connectivity index (χ0) is 14.9. The van der Waals surface area contributed by atoms with Crippen molar-refractivity contribution in [2.75, 3.05) is 31.2 Å². The number of nitrogens with one attached hydrogen (secondary N) is 1. The summed E-state index contributed by atoms with van der Waals surface area (Å²) < 4.78 is 23.8. The Morgan fingerprint density at radius 2 is 2.14 bits per heavy atom. The molecule has 0 radical (unpaired) electrons. The van der Waals surface area contributed by atoms with Crippen LogP contribution < -0.4 is 5.32 Å². The lowest BCUT2D eigenvalue weighted by Gasteiger charge is -2.24. The monoisotopic (exact) mass is 344 g/mol. The van der Waals surface area contributed by atoms with E-state index in [4.69, 9.17) is 0 Å². The first-order valence-electron chi connectivity index (χ1n) is 7.80. The zero-order valence-electron chi connectivity index (χ0n) is 13.0. The number of para-hydroxylation sites is 1. The largest absolute Gasteiger partial charge is 0.384 e. The fourth-order valence-corrected chi connectivity index (χ4v) is 4.53. The molecule has 1 aromatic carbocycles. The number of nitrogens with zero attached hydrogens (tertiary/aromatic N) is 1. The van der Waals surface area contributed by atoms with Crippen LogP contribution in [0.4, 0.5) is 5.69 Å². The molecule has 0 spiro atoms. The fourth-order valence-electron chi connectivity index (χ4n) is 3.45. The van der Waals surface area contributed by atoms with E-state index in [1.807, 2.05) is 0 Å². The van der Waals surface area contributed by atoms with Crippen LogP contribution >= 0.6 is 12.4 Å². The molecular formula is C16H25ClN2O2S. The van der Waals surface area contributed by atoms with Gasteiger partial charge >= 0.3 is 0 Å². The second-order valence-electron chi connectivity index (χ2n) is 6.31. The molecule has 6 heteroatoms. The third-order valence-corrected chi connectivity index (χ3v) is 6.24. The average molecular weight is 345 g/mol. The molecule has 2 aliphatic heterocycles. The van der Waals surface area contributed by atoms with Gasteiger partial charge in [0.05, 0.1) is 5.25 Å². The Morgan fingerprint density at radius 1 is 1.32 bits per heavy atom. The number of fused-ring (bicyclic) bond motifs is 1. The summed E-state index contributed by atoms with van der Waals surface area (Å²) in [6, 6.07) is 6.46. The quantitative estimate of drug-likeness (QED) is 0.915. The molecule has 22 heavy (non-hydrogen) atoms. The van der Waals surface area contributed by atoms with E-state index in [2.05, 4.69) is 28.4 Å². The molecular weight excluding hydrogens is 320 g/mol. The molecule has 2 aliphatic rings. The number of likely N-dealkylation sites (tertiary alicyclic amines) is 1. The number of halogens is 1. The summed E-state index contributed by atoms with van der Waals surface area (Å²) >= 11 is 0. The summed E-state index contributed by atoms with van der Waals surface area (Å²) in [5, 5.41) is 3.27. The number of hydrogen-bond acceptors (Lipinski definition) is 4. The van der Waals surface area contributed by atoms with Crippen molar-refractivity contribution < 1.29 is 8.42 Å². The van der Waals surface area contributed by atoms with E-state index in [1.165, 1.54) is 23.1 Å². The van der Waals surface area contributed by atoms with E-state index >= 15 is 0 Å². The summed E-state index contributed by atoms with van der Waals surface area (Å²) in [4.78, 5) is 2.31. The van der Waals surface area contributed by atoms with Gasteiger partial charge in [0, 0.05) is 31.6 Å². The lowest BCUT2D eigenvalue weighted by molar-refractivity contribution is 0.278. The smallest absolute Gasteiger partial charge is 0.151 e. The number of benzene rings is 1. The minimum Gasteiger partial charge on any atom is -0.384 e. The summed E-state index contributed by atoms with van der Waals surface area (Å²) in [7, 11) is -2.94. The Bertz CT molecular complexity index is 619. The summed E-state index contributed by atoms with van der Waals surface area (Å²) in [5.74, 6) is 0. The van der Waals surface area contributed by atoms with Crippen LogP contribution in [0.25, 0.3) is 0 Å². The molecule has 1 fully saturated rings. The summed E-state index contributed by atoms with van der Waals surface area (Å²) in [6.07, 6.45) is 5.38. The highest BCUT2D eigenvalue weighted by molar-refractivity contribution is 7.91. The lowest BCUT2D eigenvalue weighted by atomic mass is 10.1. The van der Waals surface area contributed by atoms with Crippen LogP contribution in [0.1, 0.15) is 30.4 Å². The number of hydrogen-bond donors (Lipinski definition) is 1. The zero-order valence-corrected chi connectivity index (χ0v) is 14.7. The van der Waals surface area contributed by atoms with Crippen LogP contribution in [0.2, 0.25) is 0 Å². The third kappa shape index (κ3) is 3.94. The van der Waals surface area contributed by atoms with Crippen LogP contribution in [0.5, 0.6) is 0 Å². The molecule has 1 unspecified atom stereocenters. The van der Waals surface area contributed by atoms with Crippen LogP contribution in [-0.4, -0.2) is 44.5 Å². The van der Waals surface area contributed by atoms with Gasteiger partial charge in [-0.25, -0.2) is 8.42 Å². The van der Waals surface area contributed by atoms with E-state index in [-0.39, 0.29) is 17.7 Å². The van der Waals surface area contributed by atoms with E-state index in [1.54, 1.807) is 0 Å². The van der Waals surface area contributed by atoms with Gasteiger partial charge in [0.1, 0.15) is 0 Å². The Labute approximate surface area is 139 Å². The third-order valence-electron chi connectivity index (χ3n) is 4.64. The molecule has 0 bridgehead atoms. The van der Waals surface area contributed by atoms with Crippen LogP contribution in [-0.2, 0) is 22.8 Å². The minimum absolute atomic E-state index is 0. The maximum absolute atomic E-state index is 11.9. The highest BCUT2D eigenvalue weighted by Crippen LogP contribution is 2.28. The van der Waals surface area contributed by atoms with Crippen molar-refractivity contribution in [3.05, 3.63) is 29.3 Å². The molecule has 0 saturated carbocycles. The fraction of sp³-hybridized carbons (Fsp3) is 0.625. The van der Waals surface area contributed by atoms with Crippen molar-refractivity contribution in [3.63, 3.8) is 0 Å². The van der Waals surface area contributed by atoms with Crippen LogP contribution in [0.3, 0.4) is 0 Å². The molecule has 1 atom stereocenters. The van der Waals surface area contributed by atoms with Crippen molar-refractivity contribution in [2.45, 2.75) is 37.5 Å². The second kappa shape index (κ2) is 7.20. The highest BCUT2D eigenvalue weighted by Gasteiger charge is 2.26. The SMILES string of the molecule is CS(=O)(=O)C1CCCCN(Cc2cccc3c2NCC3)C1.Cl. The Balaban J connectivity index is 0.00000176. The normalized spacial score (nSPS) is 22.3. The molecule has 2 heterocycles. The number of sulfone groups is 1. The molecule has 1 saturated heterocycles. The predicted octanol–water partition coefficient (Wildman–Crippen LogP) is 2.48. The predicted molar refractivity (Wildman–Crippen MR) is 93.6 cm³/mol. The Morgan fingerprint density at radius 3 is 2.91 bits per heavy atom. The topological polar surface area (TPSA) is 49.4 Å². The average Bonchev–Trinajstić information content (AvgIpc) is 2.77. The van der Waals surface area contributed by atoms with Crippen molar-refractivity contribution in [3.8, 4) is 0 Å². The molecule has 124 valence electrons. The van der Waals surface area contributed by atoms with Crippen molar-refractivity contribution in [1.29, 1.82) is 0 Å². The van der Waals surface area contributed by atoms with Crippen molar-refractivity contribution >= 4 is 27.9 Å². The molecule has 0 aliphatic carbocycles. The van der Waals surface area contributed by atoms with Gasteiger partial charge in [0.2, 0.25) is 0 Å². The Hall–Kier alpha value is -0.780. The van der Waals surface area contributed by atoms with Gasteiger partial charge in [-0.3, -0.25) is 4.90 Å². The first-order valence-corrected chi connectivity index (χ1v) is 9.75. The number of rotatable bonds is 3. The first kappa shape index (κ1) is 17.6. The maximum Gasteiger partial charge on any atom is 0.151 e. The van der Waals surface area contributed by atoms with Gasteiger partial charge in [-0.2, -0.15) is 0 Å². The Kier molecular flexibility index (Phi) is 5.75. The molecule has 3 rings (SSSR count). The van der Waals surface area contributed by atoms with E-state index < -0.39 is 9.84 Å². The lowest BCUT2D eigenvalue weighted by Crippen LogP contribution is -2.34. The molecule has 4 nitrogen and oxygen atoms in total. The van der Waals surface area contributed by atoms with Crippen LogP contribution in [0.15, 0.2) is 18.2 Å². The van der Waals surface area contributed by atoms with E-state index in [9.17, 15) is 8.42 Å². The van der Waals surface area contributed by atoms with Crippen LogP contribution in [0, 0.1) is 0 Å². The minimum atomic E-state index is -2.94. The van der Waals surface area contributed by atoms with Gasteiger partial charge in [-0.15, -0.1) is 12.4 Å². The van der Waals surface area contributed by atoms with Crippen molar-refractivity contribution in [2.24, 2.45) is 0 Å². The molecule has 0 amide bonds. The van der Waals surface area contributed by atoms with E-state index in [0.717, 1.165) is 45.3 Å². The van der Waals surface area contributed by atoms with Gasteiger partial charge in [-0.05, 0) is 36.9 Å². The van der Waals surface area contributed by atoms with Gasteiger partial charge < -0.3 is 5.32 Å². The summed E-state index contributed by atoms with van der Waals surface area (Å²) in [5.41, 5.74) is 3.97. The standard InChI is InChI=1S/C16H24N2O2S.ClH/c1-21(19,20)15-7-2-3-10-18(12-15)11-14-6-4-5-13-8-9-17-16(13)14;/h4-6,15,17H,2-3,7-12H2,1H3;1H. The second-order valence-corrected chi connectivity index (χ2v) is 8.64. The molecule has 1 aromatic rings.